The van der Waals surface area contributed by atoms with Crippen molar-refractivity contribution in [1.29, 1.82) is 0 Å². The molecule has 6 heteroatoms. The van der Waals surface area contributed by atoms with Gasteiger partial charge in [-0.25, -0.2) is 4.39 Å². The van der Waals surface area contributed by atoms with Gasteiger partial charge in [0.1, 0.15) is 11.6 Å². The molecule has 94 valence electrons. The average molecular weight is 241 g/mol. The zero-order valence-electron chi connectivity index (χ0n) is 9.84. The number of rotatable bonds is 5. The van der Waals surface area contributed by atoms with Crippen molar-refractivity contribution >= 4 is 17.3 Å². The maximum atomic E-state index is 13.5. The summed E-state index contributed by atoms with van der Waals surface area (Å²) in [4.78, 5) is 11.0. The van der Waals surface area contributed by atoms with Crippen molar-refractivity contribution in [2.45, 2.75) is 6.42 Å². The summed E-state index contributed by atoms with van der Waals surface area (Å²) in [5.74, 6) is -0.186. The number of benzene rings is 1. The summed E-state index contributed by atoms with van der Waals surface area (Å²) in [5, 5.41) is 5.29. The highest BCUT2D eigenvalue weighted by Crippen LogP contribution is 2.28. The van der Waals surface area contributed by atoms with Crippen LogP contribution >= 0.6 is 0 Å². The molecule has 0 aliphatic carbocycles. The Labute approximate surface area is 99.1 Å². The van der Waals surface area contributed by atoms with Crippen molar-refractivity contribution in [3.63, 3.8) is 0 Å². The van der Waals surface area contributed by atoms with Crippen molar-refractivity contribution in [1.82, 2.24) is 5.32 Å². The van der Waals surface area contributed by atoms with E-state index in [1.807, 2.05) is 0 Å². The molecular weight excluding hydrogens is 225 g/mol. The first-order valence-corrected chi connectivity index (χ1v) is 5.16. The first-order chi connectivity index (χ1) is 8.08. The smallest absolute Gasteiger partial charge is 0.221 e. The van der Waals surface area contributed by atoms with Crippen LogP contribution in [0.15, 0.2) is 12.1 Å². The van der Waals surface area contributed by atoms with E-state index in [1.165, 1.54) is 19.2 Å². The number of methoxy groups -OCH3 is 1. The molecule has 0 bridgehead atoms. The lowest BCUT2D eigenvalue weighted by molar-refractivity contribution is -0.120. The van der Waals surface area contributed by atoms with Gasteiger partial charge in [0.15, 0.2) is 0 Å². The minimum absolute atomic E-state index is 0.111. The van der Waals surface area contributed by atoms with Crippen LogP contribution in [0, 0.1) is 5.82 Å². The SMILES string of the molecule is CNC(=O)CCNc1cc(OC)c(N)cc1F. The van der Waals surface area contributed by atoms with Crippen molar-refractivity contribution in [2.75, 3.05) is 31.8 Å². The Bertz CT molecular complexity index is 410. The number of hydrogen-bond donors (Lipinski definition) is 3. The van der Waals surface area contributed by atoms with Gasteiger partial charge in [-0.3, -0.25) is 4.79 Å². The molecule has 1 amide bonds. The summed E-state index contributed by atoms with van der Waals surface area (Å²) in [6, 6.07) is 2.65. The first kappa shape index (κ1) is 13.1. The topological polar surface area (TPSA) is 76.4 Å². The monoisotopic (exact) mass is 241 g/mol. The van der Waals surface area contributed by atoms with Crippen molar-refractivity contribution in [2.24, 2.45) is 0 Å². The zero-order valence-corrected chi connectivity index (χ0v) is 9.84. The second-order valence-electron chi connectivity index (χ2n) is 3.42. The normalized spacial score (nSPS) is 9.82. The summed E-state index contributed by atoms with van der Waals surface area (Å²) >= 11 is 0. The Morgan fingerprint density at radius 1 is 1.53 bits per heavy atom. The van der Waals surface area contributed by atoms with Crippen molar-refractivity contribution in [3.05, 3.63) is 17.9 Å². The molecule has 0 spiro atoms. The predicted octanol–water partition coefficient (Wildman–Crippen LogP) is 0.964. The van der Waals surface area contributed by atoms with Crippen LogP contribution in [0.1, 0.15) is 6.42 Å². The van der Waals surface area contributed by atoms with Gasteiger partial charge in [0, 0.05) is 32.1 Å². The maximum absolute atomic E-state index is 13.5. The highest BCUT2D eigenvalue weighted by Gasteiger charge is 2.08. The quantitative estimate of drug-likeness (QED) is 0.671. The molecule has 0 unspecified atom stereocenters. The van der Waals surface area contributed by atoms with Gasteiger partial charge in [0.2, 0.25) is 5.91 Å². The van der Waals surface area contributed by atoms with E-state index in [-0.39, 0.29) is 23.7 Å². The third kappa shape index (κ3) is 3.51. The fourth-order valence-electron chi connectivity index (χ4n) is 1.32. The van der Waals surface area contributed by atoms with Gasteiger partial charge >= 0.3 is 0 Å². The van der Waals surface area contributed by atoms with Gasteiger partial charge in [-0.2, -0.15) is 0 Å². The van der Waals surface area contributed by atoms with Crippen LogP contribution in [-0.4, -0.2) is 26.6 Å². The lowest BCUT2D eigenvalue weighted by Crippen LogP contribution is -2.21. The summed E-state index contributed by atoms with van der Waals surface area (Å²) in [5.41, 5.74) is 6.04. The van der Waals surface area contributed by atoms with E-state index in [1.54, 1.807) is 7.05 Å². The van der Waals surface area contributed by atoms with Crippen molar-refractivity contribution in [3.8, 4) is 5.75 Å². The molecule has 0 aliphatic heterocycles. The molecule has 5 nitrogen and oxygen atoms in total. The number of nitrogens with two attached hydrogens (primary N) is 1. The molecule has 1 aromatic carbocycles. The van der Waals surface area contributed by atoms with E-state index in [0.29, 0.717) is 12.3 Å². The molecule has 0 atom stereocenters. The van der Waals surface area contributed by atoms with Gasteiger partial charge in [-0.05, 0) is 0 Å². The molecule has 0 saturated carbocycles. The standard InChI is InChI=1S/C11H16FN3O2/c1-14-11(16)3-4-15-9-6-10(17-2)8(13)5-7(9)12/h5-6,15H,3-4,13H2,1-2H3,(H,14,16). The highest BCUT2D eigenvalue weighted by molar-refractivity contribution is 5.76. The third-order valence-corrected chi connectivity index (χ3v) is 2.27. The average Bonchev–Trinajstić information content (AvgIpc) is 2.31. The Morgan fingerprint density at radius 2 is 2.24 bits per heavy atom. The number of amides is 1. The minimum Gasteiger partial charge on any atom is -0.495 e. The number of anilines is 2. The largest absolute Gasteiger partial charge is 0.495 e. The van der Waals surface area contributed by atoms with Crippen LogP contribution in [0.5, 0.6) is 5.75 Å². The maximum Gasteiger partial charge on any atom is 0.221 e. The third-order valence-electron chi connectivity index (χ3n) is 2.27. The molecule has 1 aromatic rings. The van der Waals surface area contributed by atoms with E-state index in [4.69, 9.17) is 10.5 Å². The summed E-state index contributed by atoms with van der Waals surface area (Å²) in [7, 11) is 3.01. The number of carbonyl (C=O) groups is 1. The zero-order chi connectivity index (χ0) is 12.8. The molecule has 17 heavy (non-hydrogen) atoms. The van der Waals surface area contributed by atoms with E-state index >= 15 is 0 Å². The summed E-state index contributed by atoms with van der Waals surface area (Å²) < 4.78 is 18.5. The first-order valence-electron chi connectivity index (χ1n) is 5.16. The number of carbonyl (C=O) groups excluding carboxylic acids is 1. The molecule has 0 aliphatic rings. The lowest BCUT2D eigenvalue weighted by Gasteiger charge is -2.10. The van der Waals surface area contributed by atoms with E-state index in [2.05, 4.69) is 10.6 Å². The van der Waals surface area contributed by atoms with Crippen LogP contribution in [0.4, 0.5) is 15.8 Å². The molecule has 4 N–H and O–H groups in total. The number of hydrogen-bond acceptors (Lipinski definition) is 4. The molecule has 0 heterocycles. The van der Waals surface area contributed by atoms with Crippen LogP contribution in [-0.2, 0) is 4.79 Å². The molecule has 0 radical (unpaired) electrons. The Kier molecular flexibility index (Phi) is 4.56. The minimum atomic E-state index is -0.472. The van der Waals surface area contributed by atoms with E-state index in [0.717, 1.165) is 0 Å². The fourth-order valence-corrected chi connectivity index (χ4v) is 1.32. The lowest BCUT2D eigenvalue weighted by atomic mass is 10.2. The van der Waals surface area contributed by atoms with Gasteiger partial charge < -0.3 is 21.1 Å². The predicted molar refractivity (Wildman–Crippen MR) is 64.5 cm³/mol. The highest BCUT2D eigenvalue weighted by atomic mass is 19.1. The Balaban J connectivity index is 2.67. The summed E-state index contributed by atoms with van der Waals surface area (Å²) in [6.45, 7) is 0.337. The van der Waals surface area contributed by atoms with Crippen LogP contribution < -0.4 is 21.1 Å². The molecule has 1 rings (SSSR count). The summed E-state index contributed by atoms with van der Waals surface area (Å²) in [6.07, 6.45) is 0.266. The second-order valence-corrected chi connectivity index (χ2v) is 3.42. The number of nitrogen functional groups attached to an aromatic ring is 1. The van der Waals surface area contributed by atoms with Gasteiger partial charge in [0.05, 0.1) is 18.5 Å². The fraction of sp³-hybridized carbons (Fsp3) is 0.364. The Hall–Kier alpha value is -1.98. The molecular formula is C11H16FN3O2. The number of nitrogens with one attached hydrogen (secondary N) is 2. The second kappa shape index (κ2) is 5.93. The van der Waals surface area contributed by atoms with Gasteiger partial charge in [-0.1, -0.05) is 0 Å². The van der Waals surface area contributed by atoms with Crippen LogP contribution in [0.3, 0.4) is 0 Å². The van der Waals surface area contributed by atoms with E-state index in [9.17, 15) is 9.18 Å². The van der Waals surface area contributed by atoms with Crippen LogP contribution in [0.2, 0.25) is 0 Å². The van der Waals surface area contributed by atoms with E-state index < -0.39 is 5.82 Å². The van der Waals surface area contributed by atoms with Crippen LogP contribution in [0.25, 0.3) is 0 Å². The Morgan fingerprint density at radius 3 is 2.82 bits per heavy atom. The molecule has 0 aromatic heterocycles. The number of ether oxygens (including phenoxy) is 1. The molecule has 0 fully saturated rings. The van der Waals surface area contributed by atoms with Gasteiger partial charge in [0.25, 0.3) is 0 Å². The van der Waals surface area contributed by atoms with Gasteiger partial charge in [-0.15, -0.1) is 0 Å². The van der Waals surface area contributed by atoms with Crippen molar-refractivity contribution < 1.29 is 13.9 Å². The number of halogens is 1. The molecule has 0 saturated heterocycles.